The number of amides is 1. The third kappa shape index (κ3) is 4.35. The maximum Gasteiger partial charge on any atom is 0.254 e. The molecule has 2 aromatic carbocycles. The van der Waals surface area contributed by atoms with E-state index in [4.69, 9.17) is 5.73 Å². The number of nitrogens with one attached hydrogen (secondary N) is 1. The SMILES string of the molecule is Cn1cc(-c2cnc(N)c(-c3ccc(C(=O)NC(CO)c4ccccc4)c(F)c3)c2)cn1. The lowest BCUT2D eigenvalue weighted by molar-refractivity contribution is 0.0912. The normalized spacial score (nSPS) is 11.8. The van der Waals surface area contributed by atoms with Crippen LogP contribution in [0, 0.1) is 5.82 Å². The summed E-state index contributed by atoms with van der Waals surface area (Å²) in [6.45, 7) is -0.307. The minimum absolute atomic E-state index is 0.127. The van der Waals surface area contributed by atoms with Gasteiger partial charge in [-0.1, -0.05) is 36.4 Å². The average molecular weight is 431 g/mol. The molecule has 0 saturated heterocycles. The minimum atomic E-state index is -0.698. The predicted molar refractivity (Wildman–Crippen MR) is 120 cm³/mol. The first kappa shape index (κ1) is 21.2. The Balaban J connectivity index is 1.60. The van der Waals surface area contributed by atoms with E-state index >= 15 is 0 Å². The molecule has 1 atom stereocenters. The fraction of sp³-hybridized carbons (Fsp3) is 0.125. The highest BCUT2D eigenvalue weighted by Crippen LogP contribution is 2.30. The molecule has 7 nitrogen and oxygen atoms in total. The maximum absolute atomic E-state index is 14.9. The lowest BCUT2D eigenvalue weighted by atomic mass is 10.0. The number of nitrogens with zero attached hydrogens (tertiary/aromatic N) is 3. The third-order valence-corrected chi connectivity index (χ3v) is 5.17. The van der Waals surface area contributed by atoms with Gasteiger partial charge in [-0.15, -0.1) is 0 Å². The van der Waals surface area contributed by atoms with Gasteiger partial charge in [0.25, 0.3) is 5.91 Å². The monoisotopic (exact) mass is 431 g/mol. The quantitative estimate of drug-likeness (QED) is 0.434. The van der Waals surface area contributed by atoms with E-state index in [1.807, 2.05) is 25.4 Å². The number of halogens is 1. The molecule has 0 fully saturated rings. The Labute approximate surface area is 184 Å². The summed E-state index contributed by atoms with van der Waals surface area (Å²) < 4.78 is 16.6. The molecule has 0 saturated carbocycles. The summed E-state index contributed by atoms with van der Waals surface area (Å²) in [7, 11) is 1.81. The van der Waals surface area contributed by atoms with Crippen molar-refractivity contribution in [3.8, 4) is 22.3 Å². The van der Waals surface area contributed by atoms with Crippen LogP contribution in [0.4, 0.5) is 10.2 Å². The molecule has 0 aliphatic rings. The van der Waals surface area contributed by atoms with E-state index in [0.29, 0.717) is 11.1 Å². The summed E-state index contributed by atoms with van der Waals surface area (Å²) in [5, 5.41) is 16.5. The van der Waals surface area contributed by atoms with Gasteiger partial charge in [-0.25, -0.2) is 9.37 Å². The van der Waals surface area contributed by atoms with Crippen molar-refractivity contribution in [2.45, 2.75) is 6.04 Å². The van der Waals surface area contributed by atoms with Gasteiger partial charge < -0.3 is 16.2 Å². The number of aryl methyl sites for hydroxylation is 1. The van der Waals surface area contributed by atoms with Crippen LogP contribution in [0.15, 0.2) is 73.2 Å². The molecule has 0 radical (unpaired) electrons. The number of rotatable bonds is 6. The van der Waals surface area contributed by atoms with Crippen molar-refractivity contribution in [3.63, 3.8) is 0 Å². The topological polar surface area (TPSA) is 106 Å². The Morgan fingerprint density at radius 2 is 1.91 bits per heavy atom. The molecule has 0 spiro atoms. The summed E-state index contributed by atoms with van der Waals surface area (Å²) in [6, 6.07) is 14.5. The van der Waals surface area contributed by atoms with Crippen molar-refractivity contribution in [2.75, 3.05) is 12.3 Å². The zero-order chi connectivity index (χ0) is 22.7. The molecule has 1 amide bonds. The van der Waals surface area contributed by atoms with Crippen molar-refractivity contribution in [2.24, 2.45) is 7.05 Å². The Kier molecular flexibility index (Phi) is 5.96. The lowest BCUT2D eigenvalue weighted by Crippen LogP contribution is -2.31. The molecule has 2 heterocycles. The van der Waals surface area contributed by atoms with E-state index in [-0.39, 0.29) is 18.0 Å². The van der Waals surface area contributed by atoms with Gasteiger partial charge in [0.2, 0.25) is 0 Å². The first-order valence-corrected chi connectivity index (χ1v) is 9.97. The highest BCUT2D eigenvalue weighted by atomic mass is 19.1. The fourth-order valence-electron chi connectivity index (χ4n) is 3.46. The second-order valence-corrected chi connectivity index (χ2v) is 7.37. The predicted octanol–water partition coefficient (Wildman–Crippen LogP) is 3.33. The second-order valence-electron chi connectivity index (χ2n) is 7.37. The zero-order valence-corrected chi connectivity index (χ0v) is 17.4. The summed E-state index contributed by atoms with van der Waals surface area (Å²) >= 11 is 0. The summed E-state index contributed by atoms with van der Waals surface area (Å²) in [5.41, 5.74) is 9.33. The smallest absolute Gasteiger partial charge is 0.254 e. The van der Waals surface area contributed by atoms with Crippen LogP contribution in [-0.2, 0) is 7.05 Å². The van der Waals surface area contributed by atoms with E-state index in [1.54, 1.807) is 47.4 Å². The molecule has 32 heavy (non-hydrogen) atoms. The van der Waals surface area contributed by atoms with Crippen LogP contribution in [-0.4, -0.2) is 32.4 Å². The first-order chi connectivity index (χ1) is 15.5. The van der Waals surface area contributed by atoms with E-state index in [1.165, 1.54) is 12.1 Å². The van der Waals surface area contributed by atoms with Gasteiger partial charge in [-0.2, -0.15) is 5.10 Å². The molecule has 0 aliphatic carbocycles. The van der Waals surface area contributed by atoms with Gasteiger partial charge in [-0.3, -0.25) is 9.48 Å². The van der Waals surface area contributed by atoms with E-state index < -0.39 is 17.8 Å². The number of carbonyl (C=O) groups excluding carboxylic acids is 1. The highest BCUT2D eigenvalue weighted by Gasteiger charge is 2.19. The highest BCUT2D eigenvalue weighted by molar-refractivity contribution is 5.95. The van der Waals surface area contributed by atoms with Crippen molar-refractivity contribution < 1.29 is 14.3 Å². The standard InChI is InChI=1S/C24H22FN5O2/c1-30-13-18(12-28-30)17-9-20(23(26)27-11-17)16-7-8-19(21(25)10-16)24(32)29-22(14-31)15-5-3-2-4-6-15/h2-13,22,31H,14H2,1H3,(H2,26,27)(H,29,32). The number of anilines is 1. The van der Waals surface area contributed by atoms with Crippen LogP contribution < -0.4 is 11.1 Å². The Morgan fingerprint density at radius 3 is 2.56 bits per heavy atom. The Morgan fingerprint density at radius 1 is 1.12 bits per heavy atom. The van der Waals surface area contributed by atoms with Crippen molar-refractivity contribution >= 4 is 11.7 Å². The summed E-state index contributed by atoms with van der Waals surface area (Å²) in [4.78, 5) is 16.9. The molecule has 8 heteroatoms. The van der Waals surface area contributed by atoms with Gasteiger partial charge in [0, 0.05) is 36.1 Å². The number of pyridine rings is 1. The molecular weight excluding hydrogens is 409 g/mol. The molecule has 0 aliphatic heterocycles. The van der Waals surface area contributed by atoms with Gasteiger partial charge >= 0.3 is 0 Å². The van der Waals surface area contributed by atoms with Gasteiger partial charge in [0.1, 0.15) is 11.6 Å². The molecule has 1 unspecified atom stereocenters. The van der Waals surface area contributed by atoms with Crippen LogP contribution in [0.5, 0.6) is 0 Å². The molecule has 0 bridgehead atoms. The lowest BCUT2D eigenvalue weighted by Gasteiger charge is -2.17. The number of benzene rings is 2. The Hall–Kier alpha value is -4.04. The van der Waals surface area contributed by atoms with E-state index in [2.05, 4.69) is 15.4 Å². The van der Waals surface area contributed by atoms with E-state index in [0.717, 1.165) is 16.7 Å². The van der Waals surface area contributed by atoms with Crippen molar-refractivity contribution in [1.29, 1.82) is 0 Å². The van der Waals surface area contributed by atoms with Crippen LogP contribution in [0.2, 0.25) is 0 Å². The van der Waals surface area contributed by atoms with Crippen LogP contribution >= 0.6 is 0 Å². The van der Waals surface area contributed by atoms with Crippen LogP contribution in [0.1, 0.15) is 22.0 Å². The number of aromatic nitrogens is 3. The molecule has 4 rings (SSSR count). The molecule has 4 N–H and O–H groups in total. The fourth-order valence-corrected chi connectivity index (χ4v) is 3.46. The number of hydrogen-bond acceptors (Lipinski definition) is 5. The number of nitrogens with two attached hydrogens (primary N) is 1. The number of aliphatic hydroxyl groups excluding tert-OH is 1. The average Bonchev–Trinajstić information content (AvgIpc) is 3.24. The summed E-state index contributed by atoms with van der Waals surface area (Å²) in [6.07, 6.45) is 5.18. The summed E-state index contributed by atoms with van der Waals surface area (Å²) in [5.74, 6) is -1.07. The first-order valence-electron chi connectivity index (χ1n) is 9.97. The largest absolute Gasteiger partial charge is 0.394 e. The van der Waals surface area contributed by atoms with Gasteiger partial charge in [-0.05, 0) is 29.3 Å². The molecular formula is C24H22FN5O2. The van der Waals surface area contributed by atoms with Crippen molar-refractivity contribution in [3.05, 3.63) is 90.1 Å². The molecule has 2 aromatic heterocycles. The van der Waals surface area contributed by atoms with Crippen LogP contribution in [0.3, 0.4) is 0 Å². The Bertz CT molecular complexity index is 1260. The molecule has 4 aromatic rings. The van der Waals surface area contributed by atoms with Gasteiger partial charge in [0.15, 0.2) is 0 Å². The van der Waals surface area contributed by atoms with Crippen LogP contribution in [0.25, 0.3) is 22.3 Å². The number of hydrogen-bond donors (Lipinski definition) is 3. The van der Waals surface area contributed by atoms with E-state index in [9.17, 15) is 14.3 Å². The van der Waals surface area contributed by atoms with Gasteiger partial charge in [0.05, 0.1) is 24.4 Å². The number of nitrogen functional groups attached to an aromatic ring is 1. The second kappa shape index (κ2) is 8.99. The molecule has 162 valence electrons. The number of aliphatic hydroxyl groups is 1. The third-order valence-electron chi connectivity index (χ3n) is 5.17. The van der Waals surface area contributed by atoms with Crippen molar-refractivity contribution in [1.82, 2.24) is 20.1 Å². The minimum Gasteiger partial charge on any atom is -0.394 e. The zero-order valence-electron chi connectivity index (χ0n) is 17.4. The maximum atomic E-state index is 14.9. The number of carbonyl (C=O) groups is 1.